The molecule has 1 aromatic carbocycles. The number of phenols is 1. The number of aromatic hydroxyl groups is 1. The number of hydrogen-bond acceptors (Lipinski definition) is 10. The molecular formula is C26H39N7O10. The average molecular weight is 610 g/mol. The number of carboxylic acid groups (broad SMARTS) is 1. The van der Waals surface area contributed by atoms with E-state index in [2.05, 4.69) is 21.3 Å². The average Bonchev–Trinajstić information content (AvgIpc) is 2.92. The second-order valence-electron chi connectivity index (χ2n) is 10.1. The zero-order valence-electron chi connectivity index (χ0n) is 23.7. The largest absolute Gasteiger partial charge is 0.508 e. The van der Waals surface area contributed by atoms with Crippen LogP contribution in [0.3, 0.4) is 0 Å². The Morgan fingerprint density at radius 3 is 1.72 bits per heavy atom. The monoisotopic (exact) mass is 609 g/mol. The normalized spacial score (nSPS) is 14.3. The highest BCUT2D eigenvalue weighted by atomic mass is 16.4. The van der Waals surface area contributed by atoms with Crippen molar-refractivity contribution in [2.24, 2.45) is 23.1 Å². The first kappa shape index (κ1) is 36.3. The molecule has 17 nitrogen and oxygen atoms in total. The van der Waals surface area contributed by atoms with E-state index < -0.39 is 91.1 Å². The van der Waals surface area contributed by atoms with Gasteiger partial charge in [-0.15, -0.1) is 0 Å². The van der Waals surface area contributed by atoms with Crippen molar-refractivity contribution in [1.82, 2.24) is 21.3 Å². The highest BCUT2D eigenvalue weighted by molar-refractivity contribution is 5.97. The summed E-state index contributed by atoms with van der Waals surface area (Å²) in [6, 6.07) is -1.81. The minimum Gasteiger partial charge on any atom is -0.508 e. The van der Waals surface area contributed by atoms with Gasteiger partial charge in [0.05, 0.1) is 19.1 Å². The van der Waals surface area contributed by atoms with Gasteiger partial charge in [-0.2, -0.15) is 0 Å². The third kappa shape index (κ3) is 12.7. The second kappa shape index (κ2) is 17.2. The summed E-state index contributed by atoms with van der Waals surface area (Å²) in [5, 5.41) is 37.6. The molecule has 0 unspecified atom stereocenters. The standard InChI is InChI=1S/C26H39N7O10/c1-12(2)21(29)25(41)33-18(11-34)24(40)30-15(7-8-19(27)36)22(38)31-16(10-20(28)37)23(39)32-17(26(42)43)9-13-3-5-14(35)6-4-13/h3-6,12,15-18,21,34-35H,7-11,29H2,1-2H3,(H2,27,36)(H2,28,37)(H,30,40)(H,31,38)(H,32,39)(H,33,41)(H,42,43)/t15-,16-,17-,18-,21-/m0/s1. The van der Waals surface area contributed by atoms with Gasteiger partial charge < -0.3 is 53.8 Å². The Kier molecular flexibility index (Phi) is 14.5. The Morgan fingerprint density at radius 1 is 0.744 bits per heavy atom. The van der Waals surface area contributed by atoms with Gasteiger partial charge in [0, 0.05) is 12.8 Å². The molecule has 0 saturated carbocycles. The van der Waals surface area contributed by atoms with Gasteiger partial charge in [-0.05, 0) is 30.0 Å². The quantitative estimate of drug-likeness (QED) is 0.0766. The summed E-state index contributed by atoms with van der Waals surface area (Å²) in [7, 11) is 0. The number of phenolic OH excluding ortho intramolecular Hbond substituents is 1. The number of aliphatic hydroxyl groups excluding tert-OH is 1. The topological polar surface area (TPSA) is 306 Å². The molecule has 1 aromatic rings. The lowest BCUT2D eigenvalue weighted by molar-refractivity contribution is -0.142. The molecule has 5 atom stereocenters. The number of benzene rings is 1. The molecule has 0 aromatic heterocycles. The van der Waals surface area contributed by atoms with Gasteiger partial charge >= 0.3 is 5.97 Å². The van der Waals surface area contributed by atoms with Crippen molar-refractivity contribution in [1.29, 1.82) is 0 Å². The molecule has 0 saturated heterocycles. The van der Waals surface area contributed by atoms with Crippen molar-refractivity contribution in [3.05, 3.63) is 29.8 Å². The molecule has 0 fully saturated rings. The van der Waals surface area contributed by atoms with Gasteiger partial charge in [0.25, 0.3) is 0 Å². The van der Waals surface area contributed by atoms with E-state index in [0.29, 0.717) is 5.56 Å². The minimum absolute atomic E-state index is 0.0614. The SMILES string of the molecule is CC(C)[C@H](N)C(=O)N[C@@H](CO)C(=O)N[C@@H](CCC(N)=O)C(=O)N[C@@H](CC(N)=O)C(=O)N[C@@H](Cc1ccc(O)cc1)C(=O)O. The first-order chi connectivity index (χ1) is 20.0. The van der Waals surface area contributed by atoms with Crippen LogP contribution in [0.1, 0.15) is 38.7 Å². The van der Waals surface area contributed by atoms with Crippen molar-refractivity contribution < 1.29 is 48.9 Å². The Hall–Kier alpha value is -4.77. The van der Waals surface area contributed by atoms with Crippen LogP contribution in [0.2, 0.25) is 0 Å². The van der Waals surface area contributed by atoms with Gasteiger partial charge in [-0.3, -0.25) is 28.8 Å². The summed E-state index contributed by atoms with van der Waals surface area (Å²) in [5.41, 5.74) is 16.6. The van der Waals surface area contributed by atoms with Crippen LogP contribution in [-0.2, 0) is 40.0 Å². The maximum absolute atomic E-state index is 13.1. The fourth-order valence-corrected chi connectivity index (χ4v) is 3.62. The number of rotatable bonds is 18. The van der Waals surface area contributed by atoms with Gasteiger partial charge in [0.2, 0.25) is 35.4 Å². The highest BCUT2D eigenvalue weighted by Crippen LogP contribution is 2.12. The van der Waals surface area contributed by atoms with E-state index >= 15 is 0 Å². The number of nitrogens with two attached hydrogens (primary N) is 3. The van der Waals surface area contributed by atoms with Gasteiger partial charge in [0.15, 0.2) is 0 Å². The van der Waals surface area contributed by atoms with Crippen molar-refractivity contribution >= 4 is 41.4 Å². The summed E-state index contributed by atoms with van der Waals surface area (Å²) in [5.74, 6) is -7.63. The molecule has 6 amide bonds. The number of primary amides is 2. The number of carboxylic acids is 1. The lowest BCUT2D eigenvalue weighted by Gasteiger charge is -2.26. The van der Waals surface area contributed by atoms with Crippen molar-refractivity contribution in [2.75, 3.05) is 6.61 Å². The lowest BCUT2D eigenvalue weighted by Crippen LogP contribution is -2.60. The van der Waals surface area contributed by atoms with Gasteiger partial charge in [-0.25, -0.2) is 4.79 Å². The Bertz CT molecular complexity index is 1180. The van der Waals surface area contributed by atoms with Crippen LogP contribution in [0, 0.1) is 5.92 Å². The van der Waals surface area contributed by atoms with E-state index in [9.17, 15) is 48.9 Å². The number of amides is 6. The smallest absolute Gasteiger partial charge is 0.326 e. The molecule has 0 bridgehead atoms. The first-order valence-corrected chi connectivity index (χ1v) is 13.2. The van der Waals surface area contributed by atoms with E-state index in [4.69, 9.17) is 17.2 Å². The molecule has 0 aliphatic heterocycles. The predicted octanol–water partition coefficient (Wildman–Crippen LogP) is -3.93. The highest BCUT2D eigenvalue weighted by Gasteiger charge is 2.32. The molecule has 17 heteroatoms. The molecule has 1 rings (SSSR count). The summed E-state index contributed by atoms with van der Waals surface area (Å²) in [6.45, 7) is 2.44. The third-order valence-electron chi connectivity index (χ3n) is 6.18. The number of carbonyl (C=O) groups is 7. The lowest BCUT2D eigenvalue weighted by atomic mass is 10.0. The summed E-state index contributed by atoms with van der Waals surface area (Å²) in [6.07, 6.45) is -1.77. The molecule has 0 spiro atoms. The van der Waals surface area contributed by atoms with E-state index in [0.717, 1.165) is 0 Å². The molecule has 43 heavy (non-hydrogen) atoms. The fourth-order valence-electron chi connectivity index (χ4n) is 3.62. The fraction of sp³-hybridized carbons (Fsp3) is 0.500. The second-order valence-corrected chi connectivity index (χ2v) is 10.1. The maximum Gasteiger partial charge on any atom is 0.326 e. The van der Waals surface area contributed by atoms with Crippen LogP contribution < -0.4 is 38.5 Å². The van der Waals surface area contributed by atoms with Crippen molar-refractivity contribution in [2.45, 2.75) is 69.7 Å². The molecule has 0 radical (unpaired) electrons. The third-order valence-corrected chi connectivity index (χ3v) is 6.18. The minimum atomic E-state index is -1.70. The molecule has 0 heterocycles. The Morgan fingerprint density at radius 2 is 1.23 bits per heavy atom. The van der Waals surface area contributed by atoms with E-state index in [1.165, 1.54) is 24.3 Å². The number of aliphatic carboxylic acids is 1. The van der Waals surface area contributed by atoms with Gasteiger partial charge in [-0.1, -0.05) is 26.0 Å². The van der Waals surface area contributed by atoms with Crippen LogP contribution >= 0.6 is 0 Å². The molecule has 13 N–H and O–H groups in total. The van der Waals surface area contributed by atoms with Crippen LogP contribution in [0.5, 0.6) is 5.75 Å². The summed E-state index contributed by atoms with van der Waals surface area (Å²) in [4.78, 5) is 86.1. The number of aliphatic hydroxyl groups is 1. The molecule has 0 aliphatic rings. The van der Waals surface area contributed by atoms with Crippen LogP contribution in [0.4, 0.5) is 0 Å². The first-order valence-electron chi connectivity index (χ1n) is 13.2. The summed E-state index contributed by atoms with van der Waals surface area (Å²) < 4.78 is 0. The van der Waals surface area contributed by atoms with Crippen molar-refractivity contribution in [3.8, 4) is 5.75 Å². The molecule has 0 aliphatic carbocycles. The van der Waals surface area contributed by atoms with Crippen LogP contribution in [0.25, 0.3) is 0 Å². The number of hydrogen-bond donors (Lipinski definition) is 10. The number of nitrogens with one attached hydrogen (secondary N) is 4. The number of carbonyl (C=O) groups excluding carboxylic acids is 6. The zero-order valence-corrected chi connectivity index (χ0v) is 23.7. The summed E-state index contributed by atoms with van der Waals surface area (Å²) >= 11 is 0. The Labute approximate surface area is 246 Å². The molecule has 238 valence electrons. The van der Waals surface area contributed by atoms with E-state index in [-0.39, 0.29) is 24.5 Å². The maximum atomic E-state index is 13.1. The predicted molar refractivity (Wildman–Crippen MR) is 149 cm³/mol. The van der Waals surface area contributed by atoms with Crippen molar-refractivity contribution in [3.63, 3.8) is 0 Å². The van der Waals surface area contributed by atoms with Crippen LogP contribution in [0.15, 0.2) is 24.3 Å². The van der Waals surface area contributed by atoms with Gasteiger partial charge in [0.1, 0.15) is 29.9 Å². The Balaban J connectivity index is 3.11. The van der Waals surface area contributed by atoms with E-state index in [1.807, 2.05) is 0 Å². The van der Waals surface area contributed by atoms with Crippen LogP contribution in [-0.4, -0.2) is 93.5 Å². The zero-order chi connectivity index (χ0) is 32.9. The van der Waals surface area contributed by atoms with E-state index in [1.54, 1.807) is 13.8 Å². The molecular weight excluding hydrogens is 570 g/mol.